The molecular weight excluding hydrogens is 184 g/mol. The number of hydrogen-bond acceptors (Lipinski definition) is 1. The van der Waals surface area contributed by atoms with E-state index in [1.807, 2.05) is 0 Å². The summed E-state index contributed by atoms with van der Waals surface area (Å²) in [6.45, 7) is 2.26. The highest BCUT2D eigenvalue weighted by Gasteiger charge is 2.39. The van der Waals surface area contributed by atoms with Crippen LogP contribution in [-0.2, 0) is 19.0 Å². The van der Waals surface area contributed by atoms with Crippen LogP contribution in [0.2, 0.25) is 0 Å². The minimum Gasteiger partial charge on any atom is -0.354 e. The van der Waals surface area contributed by atoms with Gasteiger partial charge >= 0.3 is 0 Å². The molecule has 1 aliphatic heterocycles. The van der Waals surface area contributed by atoms with Gasteiger partial charge in [0.25, 0.3) is 0 Å². The third kappa shape index (κ3) is 1.35. The summed E-state index contributed by atoms with van der Waals surface area (Å²) in [6, 6.07) is 2.29. The van der Waals surface area contributed by atoms with Crippen LogP contribution in [0.5, 0.6) is 0 Å². The highest BCUT2D eigenvalue weighted by Crippen LogP contribution is 2.42. The number of aryl methyl sites for hydroxylation is 1. The summed E-state index contributed by atoms with van der Waals surface area (Å²) in [4.78, 5) is 0. The molecule has 2 aliphatic rings. The smallest absolute Gasteiger partial charge is 0.0292 e. The normalized spacial score (nSPS) is 24.1. The van der Waals surface area contributed by atoms with Crippen molar-refractivity contribution in [3.05, 3.63) is 23.5 Å². The number of rotatable bonds is 0. The topological polar surface area (TPSA) is 17.0 Å². The van der Waals surface area contributed by atoms with Crippen LogP contribution in [0.3, 0.4) is 0 Å². The molecule has 0 atom stereocenters. The molecule has 1 spiro atoms. The molecule has 1 aliphatic carbocycles. The van der Waals surface area contributed by atoms with Crippen molar-refractivity contribution in [2.75, 3.05) is 6.54 Å². The summed E-state index contributed by atoms with van der Waals surface area (Å²) in [5, 5.41) is 3.60. The van der Waals surface area contributed by atoms with Crippen LogP contribution in [0.4, 0.5) is 0 Å². The first-order valence-electron chi connectivity index (χ1n) is 6.17. The van der Waals surface area contributed by atoms with Gasteiger partial charge in [0.05, 0.1) is 0 Å². The van der Waals surface area contributed by atoms with Crippen LogP contribution < -0.4 is 5.32 Å². The second-order valence-corrected chi connectivity index (χ2v) is 5.25. The zero-order valence-corrected chi connectivity index (χ0v) is 9.55. The molecule has 2 heterocycles. The molecule has 0 amide bonds. The average Bonchev–Trinajstić information content (AvgIpc) is 2.63. The van der Waals surface area contributed by atoms with E-state index >= 15 is 0 Å². The Labute approximate surface area is 91.7 Å². The average molecular weight is 204 g/mol. The molecule has 15 heavy (non-hydrogen) atoms. The molecule has 82 valence electrons. The molecule has 1 aromatic rings. The van der Waals surface area contributed by atoms with Crippen LogP contribution in [0, 0.1) is 0 Å². The first-order chi connectivity index (χ1) is 7.32. The van der Waals surface area contributed by atoms with Gasteiger partial charge in [0.15, 0.2) is 0 Å². The molecule has 1 N–H and O–H groups in total. The maximum Gasteiger partial charge on any atom is 0.0292 e. The summed E-state index contributed by atoms with van der Waals surface area (Å²) in [6.07, 6.45) is 9.24. The van der Waals surface area contributed by atoms with E-state index in [0.29, 0.717) is 5.41 Å². The van der Waals surface area contributed by atoms with Gasteiger partial charge in [-0.2, -0.15) is 0 Å². The Bertz CT molecular complexity index is 359. The Morgan fingerprint density at radius 2 is 2.07 bits per heavy atom. The van der Waals surface area contributed by atoms with Crippen LogP contribution in [0.15, 0.2) is 12.3 Å². The van der Waals surface area contributed by atoms with Gasteiger partial charge in [0, 0.05) is 37.4 Å². The van der Waals surface area contributed by atoms with Crippen molar-refractivity contribution in [3.63, 3.8) is 0 Å². The Kier molecular flexibility index (Phi) is 2.13. The number of nitrogens with one attached hydrogen (secondary N) is 1. The summed E-state index contributed by atoms with van der Waals surface area (Å²) >= 11 is 0. The van der Waals surface area contributed by atoms with E-state index in [4.69, 9.17) is 0 Å². The van der Waals surface area contributed by atoms with Crippen molar-refractivity contribution in [3.8, 4) is 0 Å². The number of fused-ring (bicyclic) bond motifs is 2. The molecule has 0 unspecified atom stereocenters. The first kappa shape index (κ1) is 9.46. The molecule has 0 radical (unpaired) electrons. The minimum absolute atomic E-state index is 0.462. The van der Waals surface area contributed by atoms with E-state index in [1.54, 1.807) is 5.69 Å². The van der Waals surface area contributed by atoms with E-state index in [1.165, 1.54) is 44.2 Å². The fourth-order valence-corrected chi connectivity index (χ4v) is 3.60. The van der Waals surface area contributed by atoms with Gasteiger partial charge in [0.2, 0.25) is 0 Å². The van der Waals surface area contributed by atoms with Gasteiger partial charge in [-0.15, -0.1) is 0 Å². The summed E-state index contributed by atoms with van der Waals surface area (Å²) < 4.78 is 2.36. The van der Waals surface area contributed by atoms with Crippen molar-refractivity contribution in [1.29, 1.82) is 0 Å². The predicted octanol–water partition coefficient (Wildman–Crippen LogP) is 2.33. The Balaban J connectivity index is 2.06. The van der Waals surface area contributed by atoms with E-state index in [-0.39, 0.29) is 0 Å². The Morgan fingerprint density at radius 3 is 2.87 bits per heavy atom. The standard InChI is InChI=1S/C13H20N2/c1-15-8-5-11-9-14-10-13(12(11)15)6-3-2-4-7-13/h5,8,14H,2-4,6-7,9-10H2,1H3. The largest absolute Gasteiger partial charge is 0.354 e. The third-order valence-corrected chi connectivity index (χ3v) is 4.25. The molecule has 0 aromatic carbocycles. The number of hydrogen-bond donors (Lipinski definition) is 1. The molecule has 2 nitrogen and oxygen atoms in total. The SMILES string of the molecule is Cn1ccc2c1C1(CCCCC1)CNC2. The van der Waals surface area contributed by atoms with Crippen LogP contribution in [-0.4, -0.2) is 11.1 Å². The molecular formula is C13H20N2. The fraction of sp³-hybridized carbons (Fsp3) is 0.692. The molecule has 2 heteroatoms. The monoisotopic (exact) mass is 204 g/mol. The van der Waals surface area contributed by atoms with Crippen molar-refractivity contribution in [1.82, 2.24) is 9.88 Å². The molecule has 0 saturated heterocycles. The van der Waals surface area contributed by atoms with Crippen molar-refractivity contribution >= 4 is 0 Å². The lowest BCUT2D eigenvalue weighted by Crippen LogP contribution is -2.45. The van der Waals surface area contributed by atoms with E-state index in [9.17, 15) is 0 Å². The van der Waals surface area contributed by atoms with E-state index in [0.717, 1.165) is 6.54 Å². The van der Waals surface area contributed by atoms with Gasteiger partial charge in [-0.25, -0.2) is 0 Å². The molecule has 3 rings (SSSR count). The zero-order valence-electron chi connectivity index (χ0n) is 9.55. The van der Waals surface area contributed by atoms with Crippen molar-refractivity contribution < 1.29 is 0 Å². The van der Waals surface area contributed by atoms with Crippen molar-refractivity contribution in [2.45, 2.75) is 44.1 Å². The van der Waals surface area contributed by atoms with Gasteiger partial charge in [-0.3, -0.25) is 0 Å². The third-order valence-electron chi connectivity index (χ3n) is 4.25. The Morgan fingerprint density at radius 1 is 1.27 bits per heavy atom. The predicted molar refractivity (Wildman–Crippen MR) is 61.9 cm³/mol. The molecule has 0 bridgehead atoms. The molecule has 1 aromatic heterocycles. The van der Waals surface area contributed by atoms with E-state index < -0.39 is 0 Å². The second-order valence-electron chi connectivity index (χ2n) is 5.25. The summed E-state index contributed by atoms with van der Waals surface area (Å²) in [7, 11) is 2.21. The minimum atomic E-state index is 0.462. The highest BCUT2D eigenvalue weighted by molar-refractivity contribution is 5.33. The van der Waals surface area contributed by atoms with Crippen LogP contribution >= 0.6 is 0 Å². The van der Waals surface area contributed by atoms with Gasteiger partial charge in [-0.05, 0) is 24.5 Å². The number of aromatic nitrogens is 1. The summed E-state index contributed by atoms with van der Waals surface area (Å²) in [5.74, 6) is 0. The lowest BCUT2D eigenvalue weighted by molar-refractivity contribution is 0.252. The van der Waals surface area contributed by atoms with Gasteiger partial charge < -0.3 is 9.88 Å². The zero-order chi connectivity index (χ0) is 10.3. The second kappa shape index (κ2) is 3.38. The maximum atomic E-state index is 3.60. The fourth-order valence-electron chi connectivity index (χ4n) is 3.60. The first-order valence-corrected chi connectivity index (χ1v) is 6.17. The summed E-state index contributed by atoms with van der Waals surface area (Å²) in [5.41, 5.74) is 3.62. The quantitative estimate of drug-likeness (QED) is 0.686. The van der Waals surface area contributed by atoms with Gasteiger partial charge in [0.1, 0.15) is 0 Å². The van der Waals surface area contributed by atoms with Gasteiger partial charge in [-0.1, -0.05) is 19.3 Å². The molecule has 1 fully saturated rings. The highest BCUT2D eigenvalue weighted by atomic mass is 15.0. The lowest BCUT2D eigenvalue weighted by atomic mass is 9.69. The lowest BCUT2D eigenvalue weighted by Gasteiger charge is -2.41. The number of nitrogens with zero attached hydrogens (tertiary/aromatic N) is 1. The maximum absolute atomic E-state index is 3.60. The van der Waals surface area contributed by atoms with E-state index in [2.05, 4.69) is 29.2 Å². The van der Waals surface area contributed by atoms with Crippen LogP contribution in [0.25, 0.3) is 0 Å². The van der Waals surface area contributed by atoms with Crippen molar-refractivity contribution in [2.24, 2.45) is 7.05 Å². The molecule has 1 saturated carbocycles. The van der Waals surface area contributed by atoms with Crippen LogP contribution in [0.1, 0.15) is 43.4 Å². The Hall–Kier alpha value is -0.760.